The van der Waals surface area contributed by atoms with Crippen molar-refractivity contribution in [2.75, 3.05) is 0 Å². The number of fused-ring (bicyclic) bond motifs is 10. The van der Waals surface area contributed by atoms with Gasteiger partial charge < -0.3 is 13.7 Å². The Balaban J connectivity index is 1.27. The van der Waals surface area contributed by atoms with Gasteiger partial charge in [0.1, 0.15) is 0 Å². The van der Waals surface area contributed by atoms with Crippen LogP contribution < -0.4 is 0 Å². The molecule has 0 amide bonds. The molecule has 3 heteroatoms. The normalized spacial score (nSPS) is 15.8. The zero-order valence-electron chi connectivity index (χ0n) is 45.8. The number of aromatic nitrogens is 3. The summed E-state index contributed by atoms with van der Waals surface area (Å²) >= 11 is 0. The van der Waals surface area contributed by atoms with Gasteiger partial charge in [-0.3, -0.25) is 0 Å². The second-order valence-corrected chi connectivity index (χ2v) is 13.7. The first-order valence-electron chi connectivity index (χ1n) is 26.3. The van der Waals surface area contributed by atoms with Gasteiger partial charge in [-0.15, -0.1) is 0 Å². The van der Waals surface area contributed by atoms with Crippen LogP contribution in [0.2, 0.25) is 0 Å². The summed E-state index contributed by atoms with van der Waals surface area (Å²) in [5.41, 5.74) is 2.65. The monoisotopic (exact) mass is 741 g/mol. The maximum Gasteiger partial charge on any atom is 0.0651 e. The number of hydrogen-bond acceptors (Lipinski definition) is 0. The Kier molecular flexibility index (Phi) is 4.33. The van der Waals surface area contributed by atoms with Gasteiger partial charge >= 0.3 is 0 Å². The third kappa shape index (κ3) is 4.66. The number of hydrogen-bond donors (Lipinski definition) is 0. The maximum atomic E-state index is 9.81. The molecule has 3 aromatic heterocycles. The van der Waals surface area contributed by atoms with E-state index in [1.54, 1.807) is 12.1 Å². The summed E-state index contributed by atoms with van der Waals surface area (Å²) in [6.45, 7) is 0. The highest BCUT2D eigenvalue weighted by Gasteiger charge is 2.23. The van der Waals surface area contributed by atoms with Gasteiger partial charge in [0.25, 0.3) is 0 Å². The molecule has 0 bridgehead atoms. The van der Waals surface area contributed by atoms with Gasteiger partial charge in [0.15, 0.2) is 0 Å². The molecule has 0 aliphatic heterocycles. The molecular weight excluding hydrogens is 691 g/mol. The van der Waals surface area contributed by atoms with E-state index >= 15 is 0 Å². The fourth-order valence-corrected chi connectivity index (χ4v) is 8.44. The largest absolute Gasteiger partial charge is 0.309 e. The lowest BCUT2D eigenvalue weighted by Crippen LogP contribution is -1.98. The summed E-state index contributed by atoms with van der Waals surface area (Å²) in [7, 11) is 0. The molecule has 9 aromatic carbocycles. The predicted molar refractivity (Wildman–Crippen MR) is 240 cm³/mol. The Hall–Kier alpha value is -7.62. The van der Waals surface area contributed by atoms with E-state index in [9.17, 15) is 9.60 Å². The van der Waals surface area contributed by atoms with Gasteiger partial charge in [0.05, 0.1) is 60.7 Å². The summed E-state index contributed by atoms with van der Waals surface area (Å²) in [6, 6.07) is 25.6. The molecule has 0 aliphatic rings. The van der Waals surface area contributed by atoms with Crippen LogP contribution in [0.25, 0.3) is 105 Å². The minimum Gasteiger partial charge on any atom is -0.309 e. The standard InChI is InChI=1S/C54H35N3/c1-3-17-36(18-4-1)37-19-15-22-39(35-37)56-48-30-13-9-25-44(48)52-42(27-16-32-50(52)56)40-23-7-11-28-46(40)57-47-29-12-8-24-41(47)43-33-34-51-53(54(43)57)45-26-10-14-31-49(45)55(51)38-20-5-2-6-21-38/h1-35H/i1D,3D,4D,9D,13D,15D,16D,17D,18D,19D,22D,25D,27D,30D,32D,35D. The van der Waals surface area contributed by atoms with E-state index in [4.69, 9.17) is 12.3 Å². The molecule has 0 atom stereocenters. The first kappa shape index (κ1) is 19.8. The predicted octanol–water partition coefficient (Wildman–Crippen LogP) is 14.3. The first-order valence-corrected chi connectivity index (χ1v) is 18.3. The van der Waals surface area contributed by atoms with Gasteiger partial charge in [-0.25, -0.2) is 0 Å². The van der Waals surface area contributed by atoms with Crippen molar-refractivity contribution in [1.29, 1.82) is 0 Å². The Labute approximate surface area is 352 Å². The maximum absolute atomic E-state index is 9.81. The van der Waals surface area contributed by atoms with Gasteiger partial charge in [0.2, 0.25) is 0 Å². The van der Waals surface area contributed by atoms with Crippen LogP contribution in [0, 0.1) is 0 Å². The fraction of sp³-hybridized carbons (Fsp3) is 0. The van der Waals surface area contributed by atoms with E-state index in [1.807, 2.05) is 78.9 Å². The Morgan fingerprint density at radius 3 is 1.88 bits per heavy atom. The van der Waals surface area contributed by atoms with Crippen LogP contribution in [0.1, 0.15) is 21.9 Å². The van der Waals surface area contributed by atoms with Crippen molar-refractivity contribution in [3.63, 3.8) is 0 Å². The molecule has 266 valence electrons. The fourth-order valence-electron chi connectivity index (χ4n) is 8.44. The molecule has 0 fully saturated rings. The molecule has 0 radical (unpaired) electrons. The summed E-state index contributed by atoms with van der Waals surface area (Å²) in [5, 5.41) is 3.35. The van der Waals surface area contributed by atoms with Gasteiger partial charge in [-0.05, 0) is 77.3 Å². The van der Waals surface area contributed by atoms with Crippen molar-refractivity contribution in [2.45, 2.75) is 0 Å². The van der Waals surface area contributed by atoms with Gasteiger partial charge in [0, 0.05) is 49.3 Å². The number of rotatable bonds is 5. The van der Waals surface area contributed by atoms with E-state index in [0.717, 1.165) is 53.9 Å². The number of para-hydroxylation sites is 5. The van der Waals surface area contributed by atoms with Crippen LogP contribution >= 0.6 is 0 Å². The first-order chi connectivity index (χ1) is 35.0. The van der Waals surface area contributed by atoms with Crippen LogP contribution in [-0.2, 0) is 0 Å². The van der Waals surface area contributed by atoms with E-state index in [-0.39, 0.29) is 27.4 Å². The van der Waals surface area contributed by atoms with Crippen LogP contribution in [0.15, 0.2) is 212 Å². The molecule has 12 aromatic rings. The summed E-state index contributed by atoms with van der Waals surface area (Å²) in [5.74, 6) is 0. The molecule has 57 heavy (non-hydrogen) atoms. The molecule has 0 aliphatic carbocycles. The van der Waals surface area contributed by atoms with Crippen LogP contribution in [0.3, 0.4) is 0 Å². The third-order valence-corrected chi connectivity index (χ3v) is 10.7. The highest BCUT2D eigenvalue weighted by atomic mass is 15.0. The van der Waals surface area contributed by atoms with Crippen molar-refractivity contribution in [2.24, 2.45) is 0 Å². The van der Waals surface area contributed by atoms with Crippen LogP contribution in [-0.4, -0.2) is 13.7 Å². The highest BCUT2D eigenvalue weighted by Crippen LogP contribution is 2.45. The van der Waals surface area contributed by atoms with Crippen LogP contribution in [0.5, 0.6) is 0 Å². The van der Waals surface area contributed by atoms with Crippen molar-refractivity contribution in [3.8, 4) is 39.3 Å². The molecule has 0 saturated carbocycles. The molecule has 12 rings (SSSR count). The Morgan fingerprint density at radius 1 is 0.333 bits per heavy atom. The topological polar surface area (TPSA) is 14.8 Å². The minimum absolute atomic E-state index is 0.0164. The summed E-state index contributed by atoms with van der Waals surface area (Å²) in [4.78, 5) is 0. The lowest BCUT2D eigenvalue weighted by Gasteiger charge is -2.16. The zero-order valence-corrected chi connectivity index (χ0v) is 29.8. The average molecular weight is 742 g/mol. The lowest BCUT2D eigenvalue weighted by molar-refractivity contribution is 1.17. The molecular formula is C54H35N3. The molecule has 3 heterocycles. The average Bonchev–Trinajstić information content (AvgIpc) is 4.05. The summed E-state index contributed by atoms with van der Waals surface area (Å²) < 4.78 is 151. The van der Waals surface area contributed by atoms with Crippen molar-refractivity contribution < 1.29 is 21.9 Å². The molecule has 0 N–H and O–H groups in total. The van der Waals surface area contributed by atoms with Crippen molar-refractivity contribution in [3.05, 3.63) is 212 Å². The molecule has 0 unspecified atom stereocenters. The minimum atomic E-state index is -0.852. The zero-order chi connectivity index (χ0) is 51.4. The molecule has 0 saturated heterocycles. The van der Waals surface area contributed by atoms with E-state index in [2.05, 4.69) is 33.4 Å². The third-order valence-electron chi connectivity index (χ3n) is 10.7. The van der Waals surface area contributed by atoms with Crippen LogP contribution in [0.4, 0.5) is 0 Å². The smallest absolute Gasteiger partial charge is 0.0651 e. The van der Waals surface area contributed by atoms with Crippen molar-refractivity contribution in [1.82, 2.24) is 13.7 Å². The second kappa shape index (κ2) is 12.5. The van der Waals surface area contributed by atoms with E-state index in [0.29, 0.717) is 11.3 Å². The van der Waals surface area contributed by atoms with Gasteiger partial charge in [-0.1, -0.05) is 151 Å². The van der Waals surface area contributed by atoms with E-state index < -0.39 is 113 Å². The number of benzene rings is 9. The summed E-state index contributed by atoms with van der Waals surface area (Å²) in [6.07, 6.45) is 0. The Bertz CT molecular complexity index is 4430. The van der Waals surface area contributed by atoms with E-state index in [1.165, 1.54) is 0 Å². The van der Waals surface area contributed by atoms with Crippen molar-refractivity contribution >= 4 is 65.4 Å². The molecule has 0 spiro atoms. The second-order valence-electron chi connectivity index (χ2n) is 13.7. The molecule has 3 nitrogen and oxygen atoms in total. The SMILES string of the molecule is [2H]c1c([2H])c([2H])c(-c2c([2H])c([2H])c([2H])c(-n3c4c([2H])c([2H])c([2H])c([2H])c4c4c(-c5ccccc5-n5c6ccccc6c6ccc7c(c8ccccc8n7-c7ccccc7)c65)c([2H])c([2H])c([2H])c43)c2[2H])c([2H])c1[2H]. The quantitative estimate of drug-likeness (QED) is 0.167. The van der Waals surface area contributed by atoms with Gasteiger partial charge in [-0.2, -0.15) is 0 Å². The lowest BCUT2D eigenvalue weighted by atomic mass is 9.97. The Morgan fingerprint density at radius 2 is 1.00 bits per heavy atom. The highest BCUT2D eigenvalue weighted by molar-refractivity contribution is 6.26. The number of nitrogens with zero attached hydrogens (tertiary/aromatic N) is 3.